The van der Waals surface area contributed by atoms with E-state index in [-0.39, 0.29) is 37.4 Å². The SMILES string of the molecule is CSc1ccc(-c2ccc3c(c2)C(=O)N2CCN(C(=O)COc4ccccc4)C[C@@H]2C(=O)N3)cc1. The number of anilines is 1. The third-order valence-corrected chi connectivity index (χ3v) is 7.08. The van der Waals surface area contributed by atoms with Crippen LogP contribution in [0.2, 0.25) is 0 Å². The van der Waals surface area contributed by atoms with Crippen molar-refractivity contribution in [3.05, 3.63) is 78.4 Å². The summed E-state index contributed by atoms with van der Waals surface area (Å²) in [5.74, 6) is -0.114. The Kier molecular flexibility index (Phi) is 6.46. The number of hydrogen-bond donors (Lipinski definition) is 1. The molecule has 7 nitrogen and oxygen atoms in total. The number of fused-ring (bicyclic) bond motifs is 2. The van der Waals surface area contributed by atoms with E-state index in [1.807, 2.05) is 60.9 Å². The van der Waals surface area contributed by atoms with Crippen molar-refractivity contribution in [1.82, 2.24) is 9.80 Å². The summed E-state index contributed by atoms with van der Waals surface area (Å²) in [6.45, 7) is 0.633. The van der Waals surface area contributed by atoms with Crippen LogP contribution in [-0.4, -0.2) is 66.1 Å². The second-order valence-electron chi connectivity index (χ2n) is 8.43. The summed E-state index contributed by atoms with van der Waals surface area (Å²) in [4.78, 5) is 43.6. The number of carbonyl (C=O) groups is 3. The molecule has 0 radical (unpaired) electrons. The zero-order valence-corrected chi connectivity index (χ0v) is 20.1. The molecule has 1 atom stereocenters. The van der Waals surface area contributed by atoms with Crippen LogP contribution in [-0.2, 0) is 9.59 Å². The minimum atomic E-state index is -0.756. The molecule has 3 aromatic rings. The van der Waals surface area contributed by atoms with E-state index in [4.69, 9.17) is 4.74 Å². The smallest absolute Gasteiger partial charge is 0.260 e. The van der Waals surface area contributed by atoms with Crippen LogP contribution in [0.4, 0.5) is 5.69 Å². The van der Waals surface area contributed by atoms with Gasteiger partial charge >= 0.3 is 0 Å². The zero-order chi connectivity index (χ0) is 24.4. The lowest BCUT2D eigenvalue weighted by Gasteiger charge is -2.39. The molecule has 0 bridgehead atoms. The molecule has 2 aliphatic rings. The molecule has 0 unspecified atom stereocenters. The molecule has 0 saturated carbocycles. The summed E-state index contributed by atoms with van der Waals surface area (Å²) in [6, 6.07) is 22.0. The highest BCUT2D eigenvalue weighted by molar-refractivity contribution is 7.98. The Balaban J connectivity index is 1.32. The van der Waals surface area contributed by atoms with Crippen molar-refractivity contribution in [1.29, 1.82) is 0 Å². The van der Waals surface area contributed by atoms with Crippen molar-refractivity contribution in [3.63, 3.8) is 0 Å². The molecule has 1 N–H and O–H groups in total. The van der Waals surface area contributed by atoms with Crippen LogP contribution in [0.1, 0.15) is 10.4 Å². The molecule has 3 aromatic carbocycles. The summed E-state index contributed by atoms with van der Waals surface area (Å²) in [7, 11) is 0. The van der Waals surface area contributed by atoms with Gasteiger partial charge in [0.25, 0.3) is 11.8 Å². The molecular formula is C27H25N3O4S. The average molecular weight is 488 g/mol. The first-order chi connectivity index (χ1) is 17.0. The third kappa shape index (κ3) is 4.74. The zero-order valence-electron chi connectivity index (χ0n) is 19.3. The van der Waals surface area contributed by atoms with E-state index in [1.54, 1.807) is 39.8 Å². The second kappa shape index (κ2) is 9.84. The van der Waals surface area contributed by atoms with Crippen LogP contribution in [0.5, 0.6) is 5.75 Å². The quantitative estimate of drug-likeness (QED) is 0.555. The lowest BCUT2D eigenvalue weighted by molar-refractivity contribution is -0.137. The van der Waals surface area contributed by atoms with E-state index in [0.29, 0.717) is 23.5 Å². The maximum absolute atomic E-state index is 13.5. The number of thioether (sulfide) groups is 1. The molecule has 0 aromatic heterocycles. The number of nitrogens with zero attached hydrogens (tertiary/aromatic N) is 2. The highest BCUT2D eigenvalue weighted by Crippen LogP contribution is 2.31. The lowest BCUT2D eigenvalue weighted by atomic mass is 10.0. The van der Waals surface area contributed by atoms with Gasteiger partial charge in [0, 0.05) is 18.0 Å². The van der Waals surface area contributed by atoms with Crippen molar-refractivity contribution >= 4 is 35.2 Å². The first-order valence-corrected chi connectivity index (χ1v) is 12.6. The predicted octanol–water partition coefficient (Wildman–Crippen LogP) is 3.76. The van der Waals surface area contributed by atoms with Gasteiger partial charge in [0.1, 0.15) is 11.8 Å². The maximum Gasteiger partial charge on any atom is 0.260 e. The molecule has 0 spiro atoms. The van der Waals surface area contributed by atoms with Crippen molar-refractivity contribution in [2.24, 2.45) is 0 Å². The average Bonchev–Trinajstić information content (AvgIpc) is 3.01. The normalized spacial score (nSPS) is 17.2. The van der Waals surface area contributed by atoms with Crippen LogP contribution >= 0.6 is 11.8 Å². The molecule has 1 fully saturated rings. The summed E-state index contributed by atoms with van der Waals surface area (Å²) in [5.41, 5.74) is 2.85. The monoisotopic (exact) mass is 487 g/mol. The summed E-state index contributed by atoms with van der Waals surface area (Å²) in [5, 5.41) is 2.89. The molecule has 1 saturated heterocycles. The molecule has 0 aliphatic carbocycles. The van der Waals surface area contributed by atoms with E-state index in [9.17, 15) is 14.4 Å². The Morgan fingerprint density at radius 2 is 1.74 bits per heavy atom. The van der Waals surface area contributed by atoms with Gasteiger partial charge in [0.05, 0.1) is 17.8 Å². The van der Waals surface area contributed by atoms with Gasteiger partial charge in [-0.1, -0.05) is 36.4 Å². The summed E-state index contributed by atoms with van der Waals surface area (Å²) >= 11 is 1.67. The Labute approximate surface area is 208 Å². The molecule has 5 rings (SSSR count). The maximum atomic E-state index is 13.5. The van der Waals surface area contributed by atoms with Crippen molar-refractivity contribution in [2.45, 2.75) is 10.9 Å². The highest BCUT2D eigenvalue weighted by Gasteiger charge is 2.40. The van der Waals surface area contributed by atoms with E-state index in [2.05, 4.69) is 5.32 Å². The predicted molar refractivity (Wildman–Crippen MR) is 136 cm³/mol. The van der Waals surface area contributed by atoms with Crippen LogP contribution in [0.3, 0.4) is 0 Å². The summed E-state index contributed by atoms with van der Waals surface area (Å²) in [6.07, 6.45) is 2.03. The molecule has 2 aliphatic heterocycles. The Morgan fingerprint density at radius 1 is 1.00 bits per heavy atom. The minimum Gasteiger partial charge on any atom is -0.484 e. The highest BCUT2D eigenvalue weighted by atomic mass is 32.2. The van der Waals surface area contributed by atoms with Gasteiger partial charge in [-0.3, -0.25) is 14.4 Å². The number of hydrogen-bond acceptors (Lipinski definition) is 5. The number of carbonyl (C=O) groups excluding carboxylic acids is 3. The van der Waals surface area contributed by atoms with Crippen molar-refractivity contribution < 1.29 is 19.1 Å². The van der Waals surface area contributed by atoms with Gasteiger partial charge in [-0.25, -0.2) is 0 Å². The molecule has 2 heterocycles. The Hall–Kier alpha value is -3.78. The van der Waals surface area contributed by atoms with Gasteiger partial charge in [0.15, 0.2) is 6.61 Å². The number of amides is 3. The number of rotatable bonds is 5. The van der Waals surface area contributed by atoms with Gasteiger partial charge in [-0.15, -0.1) is 11.8 Å². The van der Waals surface area contributed by atoms with E-state index in [0.717, 1.165) is 16.0 Å². The first-order valence-electron chi connectivity index (χ1n) is 11.4. The van der Waals surface area contributed by atoms with E-state index < -0.39 is 6.04 Å². The number of nitrogens with one attached hydrogen (secondary N) is 1. The van der Waals surface area contributed by atoms with Crippen molar-refractivity contribution in [3.8, 4) is 16.9 Å². The van der Waals surface area contributed by atoms with Crippen LogP contribution in [0.25, 0.3) is 11.1 Å². The molecule has 178 valence electrons. The molecule has 35 heavy (non-hydrogen) atoms. The first kappa shape index (κ1) is 23.0. The van der Waals surface area contributed by atoms with Crippen LogP contribution in [0.15, 0.2) is 77.7 Å². The van der Waals surface area contributed by atoms with Gasteiger partial charge in [-0.05, 0) is 53.8 Å². The van der Waals surface area contributed by atoms with Gasteiger partial charge < -0.3 is 19.9 Å². The number of benzene rings is 3. The second-order valence-corrected chi connectivity index (χ2v) is 9.31. The Morgan fingerprint density at radius 3 is 2.49 bits per heavy atom. The van der Waals surface area contributed by atoms with E-state index >= 15 is 0 Å². The molecular weight excluding hydrogens is 462 g/mol. The Bertz CT molecular complexity index is 1260. The fraction of sp³-hybridized carbons (Fsp3) is 0.222. The minimum absolute atomic E-state index is 0.120. The van der Waals surface area contributed by atoms with Crippen LogP contribution < -0.4 is 10.1 Å². The largest absolute Gasteiger partial charge is 0.484 e. The molecule has 3 amide bonds. The standard InChI is InChI=1S/C27H25N3O4S/c1-35-21-10-7-18(8-11-21)19-9-12-23-22(15-19)27(33)30-14-13-29(16-24(30)26(32)28-23)25(31)17-34-20-5-3-2-4-6-20/h2-12,15,24H,13-14,16-17H2,1H3,(H,28,32)/t24-/m1/s1. The fourth-order valence-corrected chi connectivity index (χ4v) is 4.80. The van der Waals surface area contributed by atoms with Crippen molar-refractivity contribution in [2.75, 3.05) is 37.8 Å². The van der Waals surface area contributed by atoms with Gasteiger partial charge in [-0.2, -0.15) is 0 Å². The number of ether oxygens (including phenoxy) is 1. The topological polar surface area (TPSA) is 79.0 Å². The van der Waals surface area contributed by atoms with Gasteiger partial charge in [0.2, 0.25) is 5.91 Å². The summed E-state index contributed by atoms with van der Waals surface area (Å²) < 4.78 is 5.58. The third-order valence-electron chi connectivity index (χ3n) is 6.33. The van der Waals surface area contributed by atoms with Crippen LogP contribution in [0, 0.1) is 0 Å². The lowest BCUT2D eigenvalue weighted by Crippen LogP contribution is -2.60. The molecule has 8 heteroatoms. The number of para-hydroxylation sites is 1. The van der Waals surface area contributed by atoms with E-state index in [1.165, 1.54) is 0 Å². The number of piperazine rings is 1. The fourth-order valence-electron chi connectivity index (χ4n) is 4.39.